The highest BCUT2D eigenvalue weighted by Crippen LogP contribution is 2.21. The van der Waals surface area contributed by atoms with Gasteiger partial charge < -0.3 is 9.88 Å². The number of carbonyl (C=O) groups is 1. The Morgan fingerprint density at radius 3 is 2.88 bits per heavy atom. The summed E-state index contributed by atoms with van der Waals surface area (Å²) in [5, 5.41) is 4.17. The van der Waals surface area contributed by atoms with E-state index in [9.17, 15) is 4.79 Å². The quantitative estimate of drug-likeness (QED) is 0.666. The molecule has 0 aliphatic rings. The van der Waals surface area contributed by atoms with Crippen LogP contribution in [0.3, 0.4) is 0 Å². The van der Waals surface area contributed by atoms with Gasteiger partial charge in [0.25, 0.3) is 5.91 Å². The van der Waals surface area contributed by atoms with Crippen LogP contribution in [0.15, 0.2) is 53.3 Å². The van der Waals surface area contributed by atoms with Gasteiger partial charge in [-0.2, -0.15) is 0 Å². The zero-order chi connectivity index (χ0) is 17.8. The zero-order valence-electron chi connectivity index (χ0n) is 14.5. The topological polar surface area (TPSA) is 46.9 Å². The second-order valence-corrected chi connectivity index (χ2v) is 7.51. The van der Waals surface area contributed by atoms with Crippen molar-refractivity contribution in [2.45, 2.75) is 26.8 Å². The summed E-state index contributed by atoms with van der Waals surface area (Å²) in [5.74, 6) is 0.507. The summed E-state index contributed by atoms with van der Waals surface area (Å²) in [7, 11) is 0. The number of benzene rings is 1. The molecule has 0 spiro atoms. The van der Waals surface area contributed by atoms with E-state index in [1.54, 1.807) is 0 Å². The predicted molar refractivity (Wildman–Crippen MR) is 105 cm³/mol. The lowest BCUT2D eigenvalue weighted by atomic mass is 10.1. The largest absolute Gasteiger partial charge is 0.352 e. The number of rotatable bonds is 6. The van der Waals surface area contributed by atoms with Gasteiger partial charge in [-0.25, -0.2) is 4.98 Å². The third-order valence-corrected chi connectivity index (χ3v) is 4.54. The lowest BCUT2D eigenvalue weighted by molar-refractivity contribution is 0.0954. The Morgan fingerprint density at radius 1 is 1.28 bits per heavy atom. The first-order valence-electron chi connectivity index (χ1n) is 8.51. The summed E-state index contributed by atoms with van der Waals surface area (Å²) >= 11 is 3.40. The molecule has 0 bridgehead atoms. The van der Waals surface area contributed by atoms with Gasteiger partial charge in [-0.1, -0.05) is 35.8 Å². The normalized spacial score (nSPS) is 11.2. The van der Waals surface area contributed by atoms with Crippen LogP contribution in [0.1, 0.15) is 29.8 Å². The number of pyridine rings is 1. The van der Waals surface area contributed by atoms with Crippen LogP contribution in [0.25, 0.3) is 11.0 Å². The molecule has 1 amide bonds. The van der Waals surface area contributed by atoms with Crippen molar-refractivity contribution in [2.24, 2.45) is 5.92 Å². The molecule has 0 fully saturated rings. The Kier molecular flexibility index (Phi) is 5.53. The standard InChI is InChI=1S/C20H22BrN3O/c1-14(2)12-24-13-16(18-7-4-9-22-19(18)24)8-10-23-20(25)15-5-3-6-17(21)11-15/h3-7,9,11,13-14H,8,10,12H2,1-2H3,(H,23,25). The molecule has 0 aliphatic heterocycles. The molecule has 2 heterocycles. The first-order valence-corrected chi connectivity index (χ1v) is 9.30. The highest BCUT2D eigenvalue weighted by Gasteiger charge is 2.11. The number of nitrogens with zero attached hydrogens (tertiary/aromatic N) is 2. The number of fused-ring (bicyclic) bond motifs is 1. The molecule has 0 aliphatic carbocycles. The van der Waals surface area contributed by atoms with E-state index in [0.717, 1.165) is 23.1 Å². The van der Waals surface area contributed by atoms with Gasteiger partial charge in [-0.3, -0.25) is 4.79 Å². The highest BCUT2D eigenvalue weighted by atomic mass is 79.9. The van der Waals surface area contributed by atoms with E-state index >= 15 is 0 Å². The van der Waals surface area contributed by atoms with Gasteiger partial charge in [0.15, 0.2) is 0 Å². The fourth-order valence-electron chi connectivity index (χ4n) is 2.97. The SMILES string of the molecule is CC(C)Cn1cc(CCNC(=O)c2cccc(Br)c2)c2cccnc21. The summed E-state index contributed by atoms with van der Waals surface area (Å²) < 4.78 is 3.12. The van der Waals surface area contributed by atoms with Crippen LogP contribution in [0.4, 0.5) is 0 Å². The monoisotopic (exact) mass is 399 g/mol. The van der Waals surface area contributed by atoms with Crippen molar-refractivity contribution in [1.82, 2.24) is 14.9 Å². The van der Waals surface area contributed by atoms with Crippen molar-refractivity contribution >= 4 is 32.9 Å². The van der Waals surface area contributed by atoms with Gasteiger partial charge in [0.1, 0.15) is 5.65 Å². The molecule has 130 valence electrons. The van der Waals surface area contributed by atoms with E-state index in [2.05, 4.69) is 56.9 Å². The van der Waals surface area contributed by atoms with E-state index < -0.39 is 0 Å². The summed E-state index contributed by atoms with van der Waals surface area (Å²) in [6, 6.07) is 11.5. The second-order valence-electron chi connectivity index (χ2n) is 6.59. The maximum absolute atomic E-state index is 12.3. The third kappa shape index (κ3) is 4.28. The minimum absolute atomic E-state index is 0.0506. The number of halogens is 1. The van der Waals surface area contributed by atoms with Crippen LogP contribution in [-0.4, -0.2) is 22.0 Å². The number of amides is 1. The molecule has 3 rings (SSSR count). The van der Waals surface area contributed by atoms with E-state index in [1.165, 1.54) is 10.9 Å². The van der Waals surface area contributed by atoms with Gasteiger partial charge >= 0.3 is 0 Å². The molecule has 4 nitrogen and oxygen atoms in total. The maximum atomic E-state index is 12.3. The number of hydrogen-bond acceptors (Lipinski definition) is 2. The van der Waals surface area contributed by atoms with Crippen molar-refractivity contribution in [3.63, 3.8) is 0 Å². The minimum Gasteiger partial charge on any atom is -0.352 e. The molecular formula is C20H22BrN3O. The number of nitrogens with one attached hydrogen (secondary N) is 1. The Balaban J connectivity index is 1.70. The van der Waals surface area contributed by atoms with Crippen LogP contribution in [0.2, 0.25) is 0 Å². The molecule has 0 atom stereocenters. The van der Waals surface area contributed by atoms with Crippen molar-refractivity contribution in [3.05, 3.63) is 64.4 Å². The van der Waals surface area contributed by atoms with Gasteiger partial charge in [-0.15, -0.1) is 0 Å². The zero-order valence-corrected chi connectivity index (χ0v) is 16.1. The average molecular weight is 400 g/mol. The smallest absolute Gasteiger partial charge is 0.251 e. The van der Waals surface area contributed by atoms with Crippen LogP contribution >= 0.6 is 15.9 Å². The summed E-state index contributed by atoms with van der Waals surface area (Å²) in [6.45, 7) is 5.94. The lowest BCUT2D eigenvalue weighted by Gasteiger charge is -2.07. The minimum atomic E-state index is -0.0506. The van der Waals surface area contributed by atoms with Crippen LogP contribution in [-0.2, 0) is 13.0 Å². The fourth-order valence-corrected chi connectivity index (χ4v) is 3.37. The molecule has 25 heavy (non-hydrogen) atoms. The molecular weight excluding hydrogens is 378 g/mol. The number of aromatic nitrogens is 2. The first-order chi connectivity index (χ1) is 12.0. The first kappa shape index (κ1) is 17.7. The van der Waals surface area contributed by atoms with Gasteiger partial charge in [-0.05, 0) is 48.2 Å². The van der Waals surface area contributed by atoms with Crippen molar-refractivity contribution < 1.29 is 4.79 Å². The molecule has 0 unspecified atom stereocenters. The highest BCUT2D eigenvalue weighted by molar-refractivity contribution is 9.10. The van der Waals surface area contributed by atoms with Crippen LogP contribution < -0.4 is 5.32 Å². The van der Waals surface area contributed by atoms with E-state index in [-0.39, 0.29) is 5.91 Å². The molecule has 1 aromatic carbocycles. The molecule has 2 aromatic heterocycles. The Bertz CT molecular complexity index is 886. The van der Waals surface area contributed by atoms with E-state index in [4.69, 9.17) is 0 Å². The molecule has 0 saturated carbocycles. The van der Waals surface area contributed by atoms with Crippen molar-refractivity contribution in [1.29, 1.82) is 0 Å². The van der Waals surface area contributed by atoms with Gasteiger partial charge in [0, 0.05) is 40.9 Å². The molecule has 5 heteroatoms. The Morgan fingerprint density at radius 2 is 2.12 bits per heavy atom. The van der Waals surface area contributed by atoms with Crippen molar-refractivity contribution in [2.75, 3.05) is 6.54 Å². The molecule has 0 saturated heterocycles. The summed E-state index contributed by atoms with van der Waals surface area (Å²) in [5.41, 5.74) is 2.90. The number of carbonyl (C=O) groups excluding carboxylic acids is 1. The molecule has 1 N–H and O–H groups in total. The lowest BCUT2D eigenvalue weighted by Crippen LogP contribution is -2.25. The Labute approximate surface area is 156 Å². The van der Waals surface area contributed by atoms with Gasteiger partial charge in [0.2, 0.25) is 0 Å². The molecule has 3 aromatic rings. The Hall–Kier alpha value is -2.14. The van der Waals surface area contributed by atoms with E-state index in [1.807, 2.05) is 36.5 Å². The second kappa shape index (κ2) is 7.83. The third-order valence-electron chi connectivity index (χ3n) is 4.04. The fraction of sp³-hybridized carbons (Fsp3) is 0.300. The maximum Gasteiger partial charge on any atom is 0.251 e. The summed E-state index contributed by atoms with van der Waals surface area (Å²) in [6.07, 6.45) is 4.79. The number of hydrogen-bond donors (Lipinski definition) is 1. The average Bonchev–Trinajstić information content (AvgIpc) is 2.92. The van der Waals surface area contributed by atoms with Gasteiger partial charge in [0.05, 0.1) is 0 Å². The van der Waals surface area contributed by atoms with Crippen LogP contribution in [0.5, 0.6) is 0 Å². The predicted octanol–water partition coefficient (Wildman–Crippen LogP) is 4.43. The van der Waals surface area contributed by atoms with E-state index in [0.29, 0.717) is 18.0 Å². The summed E-state index contributed by atoms with van der Waals surface area (Å²) in [4.78, 5) is 16.8. The van der Waals surface area contributed by atoms with Crippen molar-refractivity contribution in [3.8, 4) is 0 Å². The molecule has 0 radical (unpaired) electrons. The van der Waals surface area contributed by atoms with Crippen LogP contribution in [0, 0.1) is 5.92 Å².